The second-order valence-corrected chi connectivity index (χ2v) is 6.23. The van der Waals surface area contributed by atoms with E-state index in [1.54, 1.807) is 55.8 Å². The van der Waals surface area contributed by atoms with Crippen molar-refractivity contribution in [1.29, 1.82) is 0 Å². The number of aromatic nitrogens is 1. The molecule has 2 amide bonds. The zero-order chi connectivity index (χ0) is 19.9. The van der Waals surface area contributed by atoms with E-state index in [0.717, 1.165) is 11.1 Å². The molecule has 1 heterocycles. The molecule has 6 nitrogen and oxygen atoms in total. The molecule has 0 radical (unpaired) electrons. The predicted molar refractivity (Wildman–Crippen MR) is 107 cm³/mol. The lowest BCUT2D eigenvalue weighted by Gasteiger charge is -2.17. The highest BCUT2D eigenvalue weighted by atomic mass is 16.3. The third kappa shape index (κ3) is 4.42. The second kappa shape index (κ2) is 8.92. The highest BCUT2D eigenvalue weighted by Crippen LogP contribution is 2.20. The summed E-state index contributed by atoms with van der Waals surface area (Å²) in [6.45, 7) is -0.280. The van der Waals surface area contributed by atoms with Gasteiger partial charge in [-0.3, -0.25) is 14.6 Å². The van der Waals surface area contributed by atoms with Gasteiger partial charge >= 0.3 is 0 Å². The van der Waals surface area contributed by atoms with Crippen molar-refractivity contribution in [2.24, 2.45) is 0 Å². The summed E-state index contributed by atoms with van der Waals surface area (Å²) < 4.78 is 0. The van der Waals surface area contributed by atoms with E-state index in [2.05, 4.69) is 15.6 Å². The summed E-state index contributed by atoms with van der Waals surface area (Å²) >= 11 is 0. The number of carbonyl (C=O) groups is 2. The van der Waals surface area contributed by atoms with Crippen LogP contribution in [0.25, 0.3) is 11.1 Å². The van der Waals surface area contributed by atoms with Crippen LogP contribution in [0.2, 0.25) is 0 Å². The normalized spacial score (nSPS) is 11.5. The number of pyridine rings is 1. The number of rotatable bonds is 6. The van der Waals surface area contributed by atoms with Gasteiger partial charge in [0.15, 0.2) is 0 Å². The van der Waals surface area contributed by atoms with Crippen LogP contribution < -0.4 is 10.6 Å². The van der Waals surface area contributed by atoms with E-state index in [0.29, 0.717) is 16.7 Å². The van der Waals surface area contributed by atoms with Gasteiger partial charge in [0.05, 0.1) is 12.6 Å². The van der Waals surface area contributed by atoms with Crippen molar-refractivity contribution in [3.63, 3.8) is 0 Å². The van der Waals surface area contributed by atoms with Crippen molar-refractivity contribution in [2.45, 2.75) is 6.04 Å². The van der Waals surface area contributed by atoms with E-state index >= 15 is 0 Å². The zero-order valence-electron chi connectivity index (χ0n) is 15.4. The van der Waals surface area contributed by atoms with Crippen molar-refractivity contribution >= 4 is 11.8 Å². The first kappa shape index (κ1) is 19.3. The van der Waals surface area contributed by atoms with Crippen LogP contribution >= 0.6 is 0 Å². The van der Waals surface area contributed by atoms with E-state index in [-0.39, 0.29) is 18.4 Å². The van der Waals surface area contributed by atoms with Crippen LogP contribution in [0.3, 0.4) is 0 Å². The van der Waals surface area contributed by atoms with Crippen molar-refractivity contribution in [1.82, 2.24) is 15.6 Å². The number of hydrogen-bond acceptors (Lipinski definition) is 4. The maximum Gasteiger partial charge on any atom is 0.251 e. The Morgan fingerprint density at radius 3 is 2.25 bits per heavy atom. The molecule has 3 N–H and O–H groups in total. The molecular formula is C22H21N3O3. The molecule has 6 heteroatoms. The van der Waals surface area contributed by atoms with E-state index < -0.39 is 6.04 Å². The van der Waals surface area contributed by atoms with Gasteiger partial charge in [0.1, 0.15) is 0 Å². The average molecular weight is 375 g/mol. The second-order valence-electron chi connectivity index (χ2n) is 6.23. The number of nitrogens with zero attached hydrogens (tertiary/aromatic N) is 1. The number of aliphatic hydroxyl groups is 1. The molecule has 28 heavy (non-hydrogen) atoms. The van der Waals surface area contributed by atoms with Crippen LogP contribution in [0.1, 0.15) is 32.3 Å². The molecule has 1 aromatic heterocycles. The van der Waals surface area contributed by atoms with Gasteiger partial charge in [0, 0.05) is 30.6 Å². The molecule has 0 aliphatic heterocycles. The first-order valence-corrected chi connectivity index (χ1v) is 8.86. The minimum Gasteiger partial charge on any atom is -0.394 e. The fourth-order valence-corrected chi connectivity index (χ4v) is 2.88. The van der Waals surface area contributed by atoms with Gasteiger partial charge in [-0.1, -0.05) is 24.3 Å². The van der Waals surface area contributed by atoms with Crippen LogP contribution in [-0.2, 0) is 0 Å². The largest absolute Gasteiger partial charge is 0.394 e. The minimum atomic E-state index is -0.614. The van der Waals surface area contributed by atoms with Crippen LogP contribution in [0.15, 0.2) is 73.1 Å². The molecular weight excluding hydrogens is 354 g/mol. The number of nitrogens with one attached hydrogen (secondary N) is 2. The smallest absolute Gasteiger partial charge is 0.251 e. The fraction of sp³-hybridized carbons (Fsp3) is 0.136. The van der Waals surface area contributed by atoms with Crippen LogP contribution in [-0.4, -0.2) is 35.6 Å². The lowest BCUT2D eigenvalue weighted by atomic mass is 10.0. The third-order valence-corrected chi connectivity index (χ3v) is 4.43. The predicted octanol–water partition coefficient (Wildman–Crippen LogP) is 2.57. The highest BCUT2D eigenvalue weighted by molar-refractivity contribution is 5.95. The monoisotopic (exact) mass is 375 g/mol. The molecule has 1 atom stereocenters. The number of amides is 2. The standard InChI is InChI=1S/C22H21N3O3/c1-23-21(27)19-4-2-3-18(13-19)20(14-26)25-22(28)17-7-5-15(6-8-17)16-9-11-24-12-10-16/h2-13,20,26H,14H2,1H3,(H,23,27)(H,25,28)/t20-/m1/s1. The summed E-state index contributed by atoms with van der Waals surface area (Å²) in [5.74, 6) is -0.526. The quantitative estimate of drug-likeness (QED) is 0.618. The summed E-state index contributed by atoms with van der Waals surface area (Å²) in [6.07, 6.45) is 3.43. The van der Waals surface area contributed by atoms with Crippen molar-refractivity contribution in [3.05, 3.63) is 89.7 Å². The minimum absolute atomic E-state index is 0.225. The number of hydrogen-bond donors (Lipinski definition) is 3. The van der Waals surface area contributed by atoms with E-state index in [1.807, 2.05) is 24.3 Å². The Labute approximate surface area is 163 Å². The number of aliphatic hydroxyl groups excluding tert-OH is 1. The van der Waals surface area contributed by atoms with Crippen molar-refractivity contribution in [2.75, 3.05) is 13.7 Å². The Hall–Kier alpha value is -3.51. The van der Waals surface area contributed by atoms with Gasteiger partial charge in [0.25, 0.3) is 11.8 Å². The molecule has 0 aliphatic carbocycles. The fourth-order valence-electron chi connectivity index (χ4n) is 2.88. The van der Waals surface area contributed by atoms with Gasteiger partial charge in [-0.15, -0.1) is 0 Å². The zero-order valence-corrected chi connectivity index (χ0v) is 15.4. The molecule has 0 unspecified atom stereocenters. The van der Waals surface area contributed by atoms with Gasteiger partial charge in [-0.05, 0) is 53.1 Å². The maximum absolute atomic E-state index is 12.6. The maximum atomic E-state index is 12.6. The van der Waals surface area contributed by atoms with Crippen molar-refractivity contribution < 1.29 is 14.7 Å². The van der Waals surface area contributed by atoms with Gasteiger partial charge < -0.3 is 15.7 Å². The summed E-state index contributed by atoms with van der Waals surface area (Å²) in [5.41, 5.74) is 3.61. The molecule has 0 saturated carbocycles. The Bertz CT molecular complexity index is 956. The Morgan fingerprint density at radius 2 is 1.61 bits per heavy atom. The Morgan fingerprint density at radius 1 is 0.929 bits per heavy atom. The molecule has 2 aromatic carbocycles. The van der Waals surface area contributed by atoms with E-state index in [9.17, 15) is 14.7 Å². The van der Waals surface area contributed by atoms with Gasteiger partial charge in [-0.25, -0.2) is 0 Å². The van der Waals surface area contributed by atoms with Crippen LogP contribution in [0.4, 0.5) is 0 Å². The average Bonchev–Trinajstić information content (AvgIpc) is 2.77. The third-order valence-electron chi connectivity index (χ3n) is 4.43. The van der Waals surface area contributed by atoms with Crippen LogP contribution in [0.5, 0.6) is 0 Å². The van der Waals surface area contributed by atoms with Gasteiger partial charge in [0.2, 0.25) is 0 Å². The topological polar surface area (TPSA) is 91.3 Å². The number of benzene rings is 2. The molecule has 3 rings (SSSR count). The molecule has 0 saturated heterocycles. The summed E-state index contributed by atoms with van der Waals surface area (Å²) in [5, 5.41) is 15.1. The Kier molecular flexibility index (Phi) is 6.14. The lowest BCUT2D eigenvalue weighted by Crippen LogP contribution is -2.31. The van der Waals surface area contributed by atoms with E-state index in [1.165, 1.54) is 0 Å². The molecule has 0 fully saturated rings. The lowest BCUT2D eigenvalue weighted by molar-refractivity contribution is 0.0916. The first-order valence-electron chi connectivity index (χ1n) is 8.86. The van der Waals surface area contributed by atoms with Crippen LogP contribution in [0, 0.1) is 0 Å². The Balaban J connectivity index is 1.75. The number of carbonyl (C=O) groups excluding carboxylic acids is 2. The van der Waals surface area contributed by atoms with E-state index in [4.69, 9.17) is 0 Å². The highest BCUT2D eigenvalue weighted by Gasteiger charge is 2.16. The molecule has 0 spiro atoms. The molecule has 0 aliphatic rings. The van der Waals surface area contributed by atoms with Gasteiger partial charge in [-0.2, -0.15) is 0 Å². The summed E-state index contributed by atoms with van der Waals surface area (Å²) in [6, 6.07) is 17.2. The summed E-state index contributed by atoms with van der Waals surface area (Å²) in [4.78, 5) is 28.4. The first-order chi connectivity index (χ1) is 13.6. The SMILES string of the molecule is CNC(=O)c1cccc([C@@H](CO)NC(=O)c2ccc(-c3ccncc3)cc2)c1. The van der Waals surface area contributed by atoms with Crippen molar-refractivity contribution in [3.8, 4) is 11.1 Å². The summed E-state index contributed by atoms with van der Waals surface area (Å²) in [7, 11) is 1.55. The molecule has 3 aromatic rings. The molecule has 142 valence electrons. The molecule has 0 bridgehead atoms.